The summed E-state index contributed by atoms with van der Waals surface area (Å²) in [5.74, 6) is -0.929. The Bertz CT molecular complexity index is 371. The molecule has 0 aromatic carbocycles. The summed E-state index contributed by atoms with van der Waals surface area (Å²) in [5, 5.41) is 14.4. The molecule has 0 aromatic heterocycles. The average molecular weight is 299 g/mol. The van der Waals surface area contributed by atoms with Gasteiger partial charge in [-0.1, -0.05) is 0 Å². The number of amides is 2. The topological polar surface area (TPSA) is 90.9 Å². The van der Waals surface area contributed by atoms with Crippen LogP contribution >= 0.6 is 0 Å². The molecule has 0 bridgehead atoms. The summed E-state index contributed by atoms with van der Waals surface area (Å²) in [6.45, 7) is 5.31. The predicted molar refractivity (Wildman–Crippen MR) is 77.2 cm³/mol. The van der Waals surface area contributed by atoms with E-state index in [0.29, 0.717) is 32.0 Å². The van der Waals surface area contributed by atoms with Crippen LogP contribution < -0.4 is 10.6 Å². The molecule has 0 spiro atoms. The van der Waals surface area contributed by atoms with Crippen LogP contribution in [0.1, 0.15) is 32.6 Å². The molecule has 7 heteroatoms. The van der Waals surface area contributed by atoms with Crippen LogP contribution in [0.15, 0.2) is 0 Å². The zero-order valence-corrected chi connectivity index (χ0v) is 12.5. The average Bonchev–Trinajstić information content (AvgIpc) is 3.13. The lowest BCUT2D eigenvalue weighted by Gasteiger charge is -2.24. The Kier molecular flexibility index (Phi) is 5.81. The third kappa shape index (κ3) is 4.86. The standard InChI is InChI=1S/C14H25N3O4/c1-10(17-6-2-3-7-17)8-15-14(20)16-9-11-4-5-12(21-11)13(18)19/h10-12H,2-9H2,1H3,(H,18,19)(H2,15,16,20). The maximum Gasteiger partial charge on any atom is 0.332 e. The molecule has 21 heavy (non-hydrogen) atoms. The van der Waals surface area contributed by atoms with Gasteiger partial charge in [0.05, 0.1) is 6.10 Å². The van der Waals surface area contributed by atoms with Crippen molar-refractivity contribution in [3.8, 4) is 0 Å². The van der Waals surface area contributed by atoms with Crippen LogP contribution in [-0.2, 0) is 9.53 Å². The summed E-state index contributed by atoms with van der Waals surface area (Å²) < 4.78 is 5.33. The summed E-state index contributed by atoms with van der Waals surface area (Å²) in [6.07, 6.45) is 2.72. The molecule has 120 valence electrons. The number of carbonyl (C=O) groups excluding carboxylic acids is 1. The lowest BCUT2D eigenvalue weighted by Crippen LogP contribution is -2.45. The fourth-order valence-corrected chi connectivity index (χ4v) is 2.86. The third-order valence-corrected chi connectivity index (χ3v) is 4.20. The second kappa shape index (κ2) is 7.61. The van der Waals surface area contributed by atoms with Gasteiger partial charge >= 0.3 is 12.0 Å². The van der Waals surface area contributed by atoms with Crippen molar-refractivity contribution < 1.29 is 19.4 Å². The Balaban J connectivity index is 1.58. The van der Waals surface area contributed by atoms with Crippen molar-refractivity contribution in [2.45, 2.75) is 50.9 Å². The van der Waals surface area contributed by atoms with Gasteiger partial charge in [0.15, 0.2) is 6.10 Å². The maximum absolute atomic E-state index is 11.7. The van der Waals surface area contributed by atoms with Gasteiger partial charge in [0.1, 0.15) is 0 Å². The molecule has 2 heterocycles. The highest BCUT2D eigenvalue weighted by Crippen LogP contribution is 2.19. The van der Waals surface area contributed by atoms with Crippen LogP contribution in [-0.4, -0.2) is 66.4 Å². The van der Waals surface area contributed by atoms with Crippen LogP contribution in [0.2, 0.25) is 0 Å². The highest BCUT2D eigenvalue weighted by molar-refractivity contribution is 5.74. The second-order valence-corrected chi connectivity index (χ2v) is 5.85. The molecule has 3 N–H and O–H groups in total. The first kappa shape index (κ1) is 16.0. The predicted octanol–water partition coefficient (Wildman–Crippen LogP) is 0.402. The second-order valence-electron chi connectivity index (χ2n) is 5.85. The minimum absolute atomic E-state index is 0.201. The molecule has 0 aromatic rings. The Morgan fingerprint density at radius 2 is 2.00 bits per heavy atom. The van der Waals surface area contributed by atoms with E-state index in [1.807, 2.05) is 0 Å². The number of rotatable bonds is 6. The summed E-state index contributed by atoms with van der Waals surface area (Å²) in [7, 11) is 0. The summed E-state index contributed by atoms with van der Waals surface area (Å²) in [4.78, 5) is 24.9. The Morgan fingerprint density at radius 3 is 2.62 bits per heavy atom. The summed E-state index contributed by atoms with van der Waals surface area (Å²) >= 11 is 0. The fourth-order valence-electron chi connectivity index (χ4n) is 2.86. The van der Waals surface area contributed by atoms with Crippen LogP contribution in [0.25, 0.3) is 0 Å². The first-order chi connectivity index (χ1) is 10.1. The first-order valence-electron chi connectivity index (χ1n) is 7.70. The van der Waals surface area contributed by atoms with Crippen LogP contribution in [0.3, 0.4) is 0 Å². The molecule has 7 nitrogen and oxygen atoms in total. The van der Waals surface area contributed by atoms with Gasteiger partial charge < -0.3 is 20.5 Å². The van der Waals surface area contributed by atoms with Crippen molar-refractivity contribution in [3.05, 3.63) is 0 Å². The van der Waals surface area contributed by atoms with Crippen molar-refractivity contribution in [2.24, 2.45) is 0 Å². The maximum atomic E-state index is 11.7. The minimum atomic E-state index is -0.929. The Labute approximate surface area is 125 Å². The first-order valence-corrected chi connectivity index (χ1v) is 7.70. The molecule has 0 radical (unpaired) electrons. The number of likely N-dealkylation sites (tertiary alicyclic amines) is 1. The van der Waals surface area contributed by atoms with Crippen LogP contribution in [0.5, 0.6) is 0 Å². The van der Waals surface area contributed by atoms with Crippen molar-refractivity contribution in [2.75, 3.05) is 26.2 Å². The zero-order valence-electron chi connectivity index (χ0n) is 12.5. The van der Waals surface area contributed by atoms with E-state index in [1.54, 1.807) is 0 Å². The number of urea groups is 1. The largest absolute Gasteiger partial charge is 0.479 e. The quantitative estimate of drug-likeness (QED) is 0.660. The van der Waals surface area contributed by atoms with E-state index in [0.717, 1.165) is 13.1 Å². The molecule has 2 aliphatic rings. The Morgan fingerprint density at radius 1 is 1.29 bits per heavy atom. The summed E-state index contributed by atoms with van der Waals surface area (Å²) in [5.41, 5.74) is 0. The van der Waals surface area contributed by atoms with Gasteiger partial charge in [-0.3, -0.25) is 4.90 Å². The van der Waals surface area contributed by atoms with E-state index >= 15 is 0 Å². The van der Waals surface area contributed by atoms with E-state index < -0.39 is 12.1 Å². The highest BCUT2D eigenvalue weighted by atomic mass is 16.5. The zero-order chi connectivity index (χ0) is 15.2. The monoisotopic (exact) mass is 299 g/mol. The molecular weight excluding hydrogens is 274 g/mol. The number of aliphatic carboxylic acids is 1. The molecule has 3 unspecified atom stereocenters. The van der Waals surface area contributed by atoms with Crippen molar-refractivity contribution >= 4 is 12.0 Å². The van der Waals surface area contributed by atoms with Crippen molar-refractivity contribution in [3.63, 3.8) is 0 Å². The van der Waals surface area contributed by atoms with Crippen molar-refractivity contribution in [1.29, 1.82) is 0 Å². The lowest BCUT2D eigenvalue weighted by molar-refractivity contribution is -0.149. The number of hydrogen-bond acceptors (Lipinski definition) is 4. The van der Waals surface area contributed by atoms with E-state index in [9.17, 15) is 9.59 Å². The number of hydrogen-bond donors (Lipinski definition) is 3. The van der Waals surface area contributed by atoms with Gasteiger partial charge in [-0.2, -0.15) is 0 Å². The smallest absolute Gasteiger partial charge is 0.332 e. The van der Waals surface area contributed by atoms with Crippen LogP contribution in [0, 0.1) is 0 Å². The number of carboxylic acids is 1. The van der Waals surface area contributed by atoms with Crippen molar-refractivity contribution in [1.82, 2.24) is 15.5 Å². The van der Waals surface area contributed by atoms with Gasteiger partial charge in [0.2, 0.25) is 0 Å². The normalized spacial score (nSPS) is 27.5. The molecule has 2 rings (SSSR count). The van der Waals surface area contributed by atoms with E-state index in [1.165, 1.54) is 12.8 Å². The number of nitrogens with zero attached hydrogens (tertiary/aromatic N) is 1. The minimum Gasteiger partial charge on any atom is -0.479 e. The molecular formula is C14H25N3O4. The van der Waals surface area contributed by atoms with E-state index in [2.05, 4.69) is 22.5 Å². The summed E-state index contributed by atoms with van der Waals surface area (Å²) in [6, 6.07) is 0.126. The number of ether oxygens (including phenoxy) is 1. The molecule has 2 aliphatic heterocycles. The number of carbonyl (C=O) groups is 2. The van der Waals surface area contributed by atoms with E-state index in [-0.39, 0.29) is 12.1 Å². The molecule has 0 saturated carbocycles. The van der Waals surface area contributed by atoms with Crippen LogP contribution in [0.4, 0.5) is 4.79 Å². The fraction of sp³-hybridized carbons (Fsp3) is 0.857. The van der Waals surface area contributed by atoms with Gasteiger partial charge in [0, 0.05) is 19.1 Å². The molecule has 0 aliphatic carbocycles. The van der Waals surface area contributed by atoms with E-state index in [4.69, 9.17) is 9.84 Å². The highest BCUT2D eigenvalue weighted by Gasteiger charge is 2.30. The number of nitrogens with one attached hydrogen (secondary N) is 2. The SMILES string of the molecule is CC(CNC(=O)NCC1CCC(C(=O)O)O1)N1CCCC1. The van der Waals surface area contributed by atoms with Gasteiger partial charge in [-0.15, -0.1) is 0 Å². The number of carboxylic acid groups (broad SMARTS) is 1. The molecule has 2 fully saturated rings. The van der Waals surface area contributed by atoms with Gasteiger partial charge in [-0.05, 0) is 45.7 Å². The Hall–Kier alpha value is -1.34. The van der Waals surface area contributed by atoms with Gasteiger partial charge in [0.25, 0.3) is 0 Å². The lowest BCUT2D eigenvalue weighted by atomic mass is 10.2. The molecule has 2 saturated heterocycles. The van der Waals surface area contributed by atoms with Gasteiger partial charge in [-0.25, -0.2) is 9.59 Å². The molecule has 3 atom stereocenters. The molecule has 2 amide bonds. The third-order valence-electron chi connectivity index (χ3n) is 4.20.